The molecule has 28 heavy (non-hydrogen) atoms. The first-order chi connectivity index (χ1) is 13.6. The van der Waals surface area contributed by atoms with Crippen molar-refractivity contribution in [2.24, 2.45) is 5.92 Å². The summed E-state index contributed by atoms with van der Waals surface area (Å²) in [6.07, 6.45) is 0.688. The molecule has 148 valence electrons. The third-order valence-electron chi connectivity index (χ3n) is 5.63. The Balaban J connectivity index is 1.48. The second-order valence-electron chi connectivity index (χ2n) is 7.39. The standard InChI is InChI=1S/C22H26ClN3O2/c1-2-25-9-11-26(12-10-25)20-8-7-18(23)14-19(20)24-22(27)17-13-16-5-3-4-6-21(16)28-15-17/h3-8,14,17H,2,9-13,15H2,1H3,(H,24,27). The van der Waals surface area contributed by atoms with Crippen LogP contribution in [-0.4, -0.2) is 50.1 Å². The molecule has 0 saturated carbocycles. The molecule has 2 aromatic carbocycles. The number of rotatable bonds is 4. The number of benzene rings is 2. The number of hydrogen-bond acceptors (Lipinski definition) is 4. The normalized spacial score (nSPS) is 19.6. The highest BCUT2D eigenvalue weighted by molar-refractivity contribution is 6.31. The van der Waals surface area contributed by atoms with Gasteiger partial charge in [0, 0.05) is 31.2 Å². The fraction of sp³-hybridized carbons (Fsp3) is 0.409. The Bertz CT molecular complexity index is 849. The Morgan fingerprint density at radius 1 is 1.18 bits per heavy atom. The molecular weight excluding hydrogens is 374 g/mol. The van der Waals surface area contributed by atoms with Crippen molar-refractivity contribution in [1.82, 2.24) is 4.90 Å². The van der Waals surface area contributed by atoms with E-state index < -0.39 is 0 Å². The molecule has 0 radical (unpaired) electrons. The Morgan fingerprint density at radius 3 is 2.75 bits per heavy atom. The van der Waals surface area contributed by atoms with Crippen molar-refractivity contribution in [3.8, 4) is 5.75 Å². The van der Waals surface area contributed by atoms with E-state index in [2.05, 4.69) is 22.0 Å². The number of nitrogens with one attached hydrogen (secondary N) is 1. The molecule has 2 heterocycles. The van der Waals surface area contributed by atoms with Gasteiger partial charge in [0.05, 0.1) is 17.3 Å². The average Bonchev–Trinajstić information content (AvgIpc) is 2.73. The van der Waals surface area contributed by atoms with Crippen molar-refractivity contribution in [1.29, 1.82) is 0 Å². The molecule has 2 aliphatic rings. The van der Waals surface area contributed by atoms with Gasteiger partial charge in [-0.25, -0.2) is 0 Å². The second-order valence-corrected chi connectivity index (χ2v) is 7.83. The highest BCUT2D eigenvalue weighted by Crippen LogP contribution is 2.32. The van der Waals surface area contributed by atoms with E-state index in [0.29, 0.717) is 18.1 Å². The number of anilines is 2. The Hall–Kier alpha value is -2.24. The molecule has 1 N–H and O–H groups in total. The highest BCUT2D eigenvalue weighted by Gasteiger charge is 2.27. The summed E-state index contributed by atoms with van der Waals surface area (Å²) in [5, 5.41) is 3.74. The minimum atomic E-state index is -0.210. The number of hydrogen-bond donors (Lipinski definition) is 1. The highest BCUT2D eigenvalue weighted by atomic mass is 35.5. The lowest BCUT2D eigenvalue weighted by molar-refractivity contribution is -0.121. The van der Waals surface area contributed by atoms with Gasteiger partial charge in [0.25, 0.3) is 0 Å². The van der Waals surface area contributed by atoms with Crippen molar-refractivity contribution in [2.45, 2.75) is 13.3 Å². The van der Waals surface area contributed by atoms with Crippen molar-refractivity contribution in [3.05, 3.63) is 53.1 Å². The number of carbonyl (C=O) groups excluding carboxylic acids is 1. The lowest BCUT2D eigenvalue weighted by Crippen LogP contribution is -2.46. The number of ether oxygens (including phenoxy) is 1. The van der Waals surface area contributed by atoms with Crippen LogP contribution in [-0.2, 0) is 11.2 Å². The lowest BCUT2D eigenvalue weighted by Gasteiger charge is -2.36. The van der Waals surface area contributed by atoms with Crippen molar-refractivity contribution < 1.29 is 9.53 Å². The SMILES string of the molecule is CCN1CCN(c2ccc(Cl)cc2NC(=O)C2COc3ccccc3C2)CC1. The molecule has 1 fully saturated rings. The van der Waals surface area contributed by atoms with Crippen molar-refractivity contribution >= 4 is 28.9 Å². The van der Waals surface area contributed by atoms with E-state index in [9.17, 15) is 4.79 Å². The number of carbonyl (C=O) groups is 1. The van der Waals surface area contributed by atoms with E-state index in [1.165, 1.54) is 0 Å². The van der Waals surface area contributed by atoms with Gasteiger partial charge in [-0.3, -0.25) is 4.79 Å². The zero-order valence-electron chi connectivity index (χ0n) is 16.2. The van der Waals surface area contributed by atoms with Crippen molar-refractivity contribution in [2.75, 3.05) is 49.5 Å². The van der Waals surface area contributed by atoms with Gasteiger partial charge in [-0.15, -0.1) is 0 Å². The number of para-hydroxylation sites is 1. The van der Waals surface area contributed by atoms with Crippen LogP contribution in [0.3, 0.4) is 0 Å². The van der Waals surface area contributed by atoms with Gasteiger partial charge in [0.1, 0.15) is 12.4 Å². The molecule has 0 spiro atoms. The Kier molecular flexibility index (Phi) is 5.74. The first-order valence-corrected chi connectivity index (χ1v) is 10.3. The molecule has 2 aliphatic heterocycles. The number of amides is 1. The summed E-state index contributed by atoms with van der Waals surface area (Å²) in [5.41, 5.74) is 2.89. The van der Waals surface area contributed by atoms with Gasteiger partial charge in [0.2, 0.25) is 5.91 Å². The molecule has 4 rings (SSSR count). The second kappa shape index (κ2) is 8.41. The number of nitrogens with zero attached hydrogens (tertiary/aromatic N) is 2. The predicted molar refractivity (Wildman–Crippen MR) is 114 cm³/mol. The van der Waals surface area contributed by atoms with E-state index in [0.717, 1.165) is 55.4 Å². The van der Waals surface area contributed by atoms with Gasteiger partial charge in [0.15, 0.2) is 0 Å². The maximum Gasteiger partial charge on any atom is 0.231 e. The van der Waals surface area contributed by atoms with Crippen LogP contribution < -0.4 is 15.0 Å². The predicted octanol–water partition coefficient (Wildman–Crippen LogP) is 3.67. The first-order valence-electron chi connectivity index (χ1n) is 9.92. The van der Waals surface area contributed by atoms with E-state index in [1.807, 2.05) is 42.5 Å². The number of fused-ring (bicyclic) bond motifs is 1. The van der Waals surface area contributed by atoms with Crippen LogP contribution in [0.25, 0.3) is 0 Å². The maximum absolute atomic E-state index is 13.0. The van der Waals surface area contributed by atoms with Crippen LogP contribution in [0.1, 0.15) is 12.5 Å². The zero-order valence-corrected chi connectivity index (χ0v) is 16.9. The van der Waals surface area contributed by atoms with Crippen molar-refractivity contribution in [3.63, 3.8) is 0 Å². The van der Waals surface area contributed by atoms with Gasteiger partial charge in [-0.2, -0.15) is 0 Å². The molecule has 5 nitrogen and oxygen atoms in total. The van der Waals surface area contributed by atoms with Crippen LogP contribution in [0.4, 0.5) is 11.4 Å². The molecule has 1 saturated heterocycles. The summed E-state index contributed by atoms with van der Waals surface area (Å²) in [7, 11) is 0. The average molecular weight is 400 g/mol. The fourth-order valence-corrected chi connectivity index (χ4v) is 4.09. The molecule has 0 aliphatic carbocycles. The minimum absolute atomic E-state index is 0.0230. The molecular formula is C22H26ClN3O2. The first kappa shape index (κ1) is 19.1. The quantitative estimate of drug-likeness (QED) is 0.851. The molecule has 1 unspecified atom stereocenters. The third kappa shape index (κ3) is 4.10. The van der Waals surface area contributed by atoms with Crippen LogP contribution in [0.15, 0.2) is 42.5 Å². The lowest BCUT2D eigenvalue weighted by atomic mass is 9.96. The number of likely N-dealkylation sites (N-methyl/N-ethyl adjacent to an activating group) is 1. The number of halogens is 1. The van der Waals surface area contributed by atoms with Gasteiger partial charge >= 0.3 is 0 Å². The summed E-state index contributed by atoms with van der Waals surface area (Å²) in [5.74, 6) is 0.646. The molecule has 2 aromatic rings. The van der Waals surface area contributed by atoms with Gasteiger partial charge in [-0.1, -0.05) is 36.7 Å². The Labute approximate surface area is 171 Å². The minimum Gasteiger partial charge on any atom is -0.492 e. The molecule has 0 bridgehead atoms. The summed E-state index contributed by atoms with van der Waals surface area (Å²) in [6, 6.07) is 13.6. The van der Waals surface area contributed by atoms with Crippen LogP contribution >= 0.6 is 11.6 Å². The Morgan fingerprint density at radius 2 is 1.96 bits per heavy atom. The summed E-state index contributed by atoms with van der Waals surface area (Å²) < 4.78 is 5.79. The smallest absolute Gasteiger partial charge is 0.231 e. The molecule has 6 heteroatoms. The van der Waals surface area contributed by atoms with E-state index in [4.69, 9.17) is 16.3 Å². The zero-order chi connectivity index (χ0) is 19.5. The van der Waals surface area contributed by atoms with E-state index >= 15 is 0 Å². The fourth-order valence-electron chi connectivity index (χ4n) is 3.92. The van der Waals surface area contributed by atoms with Crippen LogP contribution in [0.2, 0.25) is 5.02 Å². The monoisotopic (exact) mass is 399 g/mol. The largest absolute Gasteiger partial charge is 0.492 e. The topological polar surface area (TPSA) is 44.8 Å². The molecule has 1 atom stereocenters. The van der Waals surface area contributed by atoms with E-state index in [1.54, 1.807) is 0 Å². The van der Waals surface area contributed by atoms with Gasteiger partial charge < -0.3 is 19.9 Å². The van der Waals surface area contributed by atoms with Crippen LogP contribution in [0, 0.1) is 5.92 Å². The van der Waals surface area contributed by atoms with Crippen LogP contribution in [0.5, 0.6) is 5.75 Å². The maximum atomic E-state index is 13.0. The number of piperazine rings is 1. The van der Waals surface area contributed by atoms with E-state index in [-0.39, 0.29) is 11.8 Å². The summed E-state index contributed by atoms with van der Waals surface area (Å²) >= 11 is 6.23. The molecule has 1 amide bonds. The molecule has 0 aromatic heterocycles. The van der Waals surface area contributed by atoms with Gasteiger partial charge in [-0.05, 0) is 42.8 Å². The summed E-state index contributed by atoms with van der Waals surface area (Å²) in [6.45, 7) is 7.60. The summed E-state index contributed by atoms with van der Waals surface area (Å²) in [4.78, 5) is 17.7. The third-order valence-corrected chi connectivity index (χ3v) is 5.86.